The van der Waals surface area contributed by atoms with Gasteiger partial charge in [0.05, 0.1) is 18.6 Å². The van der Waals surface area contributed by atoms with Gasteiger partial charge in [0.1, 0.15) is 10.6 Å². The molecule has 0 fully saturated rings. The van der Waals surface area contributed by atoms with Crippen molar-refractivity contribution in [3.05, 3.63) is 59.9 Å². The van der Waals surface area contributed by atoms with E-state index in [4.69, 9.17) is 4.74 Å². The summed E-state index contributed by atoms with van der Waals surface area (Å²) in [5.74, 6) is 0.0504. The number of nitrogens with zero attached hydrogens (tertiary/aromatic N) is 3. The molecule has 32 heavy (non-hydrogen) atoms. The first kappa shape index (κ1) is 23.8. The lowest BCUT2D eigenvalue weighted by Gasteiger charge is -2.16. The van der Waals surface area contributed by atoms with Crippen molar-refractivity contribution >= 4 is 33.4 Å². The molecule has 0 unspecified atom stereocenters. The van der Waals surface area contributed by atoms with E-state index in [-0.39, 0.29) is 22.3 Å². The Kier molecular flexibility index (Phi) is 7.27. The van der Waals surface area contributed by atoms with Gasteiger partial charge in [-0.3, -0.25) is 9.36 Å². The lowest BCUT2D eigenvalue weighted by Crippen LogP contribution is -2.23. The lowest BCUT2D eigenvalue weighted by atomic mass is 10.1. The van der Waals surface area contributed by atoms with E-state index in [1.54, 1.807) is 12.3 Å². The number of benzene rings is 2. The van der Waals surface area contributed by atoms with Gasteiger partial charge in [-0.2, -0.15) is 0 Å². The summed E-state index contributed by atoms with van der Waals surface area (Å²) in [5, 5.41) is 3.45. The van der Waals surface area contributed by atoms with Gasteiger partial charge < -0.3 is 10.1 Å². The number of anilines is 1. The number of imidazole rings is 1. The molecule has 0 saturated carbocycles. The molecular formula is C22H26N4O4S2. The maximum Gasteiger partial charge on any atom is 0.246 e. The molecule has 2 aromatic carbocycles. The molecule has 3 aromatic rings. The first-order valence-electron chi connectivity index (χ1n) is 9.78. The van der Waals surface area contributed by atoms with Crippen molar-refractivity contribution < 1.29 is 17.9 Å². The molecule has 3 rings (SSSR count). The summed E-state index contributed by atoms with van der Waals surface area (Å²) in [6.07, 6.45) is 3.56. The predicted molar refractivity (Wildman–Crippen MR) is 126 cm³/mol. The number of methoxy groups -OCH3 is 1. The van der Waals surface area contributed by atoms with E-state index in [1.807, 2.05) is 22.9 Å². The van der Waals surface area contributed by atoms with Crippen molar-refractivity contribution in [2.45, 2.75) is 23.9 Å². The van der Waals surface area contributed by atoms with Crippen LogP contribution in [-0.2, 0) is 14.8 Å². The molecule has 0 aliphatic heterocycles. The number of sulfonamides is 1. The molecule has 1 heterocycles. The maximum atomic E-state index is 12.6. The zero-order valence-corrected chi connectivity index (χ0v) is 20.3. The van der Waals surface area contributed by atoms with E-state index in [9.17, 15) is 13.2 Å². The van der Waals surface area contributed by atoms with Crippen LogP contribution >= 0.6 is 11.8 Å². The monoisotopic (exact) mass is 474 g/mol. The molecule has 1 amide bonds. The van der Waals surface area contributed by atoms with Crippen LogP contribution in [0.25, 0.3) is 5.69 Å². The van der Waals surface area contributed by atoms with Crippen molar-refractivity contribution in [1.82, 2.24) is 13.9 Å². The van der Waals surface area contributed by atoms with Gasteiger partial charge in [-0.25, -0.2) is 17.7 Å². The number of ether oxygens (including phenoxy) is 1. The Morgan fingerprint density at radius 1 is 1.22 bits per heavy atom. The molecule has 0 aliphatic carbocycles. The number of hydrogen-bond donors (Lipinski definition) is 1. The highest BCUT2D eigenvalue weighted by atomic mass is 32.2. The zero-order chi connectivity index (χ0) is 23.5. The van der Waals surface area contributed by atoms with Crippen LogP contribution < -0.4 is 10.1 Å². The number of hydrogen-bond acceptors (Lipinski definition) is 6. The first-order valence-corrected chi connectivity index (χ1v) is 12.2. The van der Waals surface area contributed by atoms with Crippen LogP contribution in [0, 0.1) is 13.8 Å². The number of thioether (sulfide) groups is 1. The SMILES string of the molecule is COc1ccc(NC(=O)CSc2nccn2-c2cccc(C)c2C)cc1S(=O)(=O)N(C)C. The highest BCUT2D eigenvalue weighted by Crippen LogP contribution is 2.29. The van der Waals surface area contributed by atoms with Gasteiger partial charge in [0, 0.05) is 32.2 Å². The average molecular weight is 475 g/mol. The Morgan fingerprint density at radius 2 is 1.97 bits per heavy atom. The summed E-state index contributed by atoms with van der Waals surface area (Å²) < 4.78 is 33.4. The van der Waals surface area contributed by atoms with E-state index in [2.05, 4.69) is 30.2 Å². The minimum absolute atomic E-state index is 0.0130. The minimum Gasteiger partial charge on any atom is -0.495 e. The van der Waals surface area contributed by atoms with E-state index < -0.39 is 10.0 Å². The quantitative estimate of drug-likeness (QED) is 0.503. The second kappa shape index (κ2) is 9.76. The largest absolute Gasteiger partial charge is 0.495 e. The van der Waals surface area contributed by atoms with E-state index >= 15 is 0 Å². The zero-order valence-electron chi connectivity index (χ0n) is 18.6. The van der Waals surface area contributed by atoms with E-state index in [0.29, 0.717) is 10.8 Å². The summed E-state index contributed by atoms with van der Waals surface area (Å²) in [6.45, 7) is 4.10. The van der Waals surface area contributed by atoms with Crippen molar-refractivity contribution in [3.63, 3.8) is 0 Å². The van der Waals surface area contributed by atoms with Gasteiger partial charge >= 0.3 is 0 Å². The van der Waals surface area contributed by atoms with Crippen LogP contribution in [0.3, 0.4) is 0 Å². The van der Waals surface area contributed by atoms with E-state index in [0.717, 1.165) is 15.6 Å². The average Bonchev–Trinajstić information content (AvgIpc) is 3.22. The maximum absolute atomic E-state index is 12.6. The minimum atomic E-state index is -3.73. The summed E-state index contributed by atoms with van der Waals surface area (Å²) in [7, 11) is 0.547. The lowest BCUT2D eigenvalue weighted by molar-refractivity contribution is -0.113. The van der Waals surface area contributed by atoms with Crippen LogP contribution in [-0.4, -0.2) is 55.1 Å². The third kappa shape index (κ3) is 4.98. The second-order valence-electron chi connectivity index (χ2n) is 7.29. The smallest absolute Gasteiger partial charge is 0.246 e. The van der Waals surface area contributed by atoms with Gasteiger partial charge in [0.15, 0.2) is 5.16 Å². The number of rotatable bonds is 8. The molecule has 0 radical (unpaired) electrons. The molecule has 10 heteroatoms. The third-order valence-corrected chi connectivity index (χ3v) is 7.78. The topological polar surface area (TPSA) is 93.5 Å². The summed E-state index contributed by atoms with van der Waals surface area (Å²) in [5.41, 5.74) is 3.70. The molecule has 0 bridgehead atoms. The molecule has 1 N–H and O–H groups in total. The fourth-order valence-electron chi connectivity index (χ4n) is 3.06. The number of nitrogens with one attached hydrogen (secondary N) is 1. The van der Waals surface area contributed by atoms with Gasteiger partial charge in [0.25, 0.3) is 0 Å². The Bertz CT molecular complexity index is 1240. The normalized spacial score (nSPS) is 11.6. The first-order chi connectivity index (χ1) is 15.1. The van der Waals surface area contributed by atoms with Crippen LogP contribution in [0.5, 0.6) is 5.75 Å². The Hall–Kier alpha value is -2.82. The summed E-state index contributed by atoms with van der Waals surface area (Å²) in [6, 6.07) is 10.6. The number of carbonyl (C=O) groups is 1. The molecule has 0 saturated heterocycles. The molecule has 1 aromatic heterocycles. The molecule has 8 nitrogen and oxygen atoms in total. The standard InChI is InChI=1S/C22H26N4O4S2/c1-15-7-6-8-18(16(15)2)26-12-11-23-22(26)31-14-21(27)24-17-9-10-19(30-5)20(13-17)32(28,29)25(3)4/h6-13H,14H2,1-5H3,(H,24,27). The summed E-state index contributed by atoms with van der Waals surface area (Å²) >= 11 is 1.30. The number of aryl methyl sites for hydroxylation is 1. The molecule has 0 spiro atoms. The number of aromatic nitrogens is 2. The summed E-state index contributed by atoms with van der Waals surface area (Å²) in [4.78, 5) is 16.9. The van der Waals surface area contributed by atoms with Gasteiger partial charge in [0.2, 0.25) is 15.9 Å². The Balaban J connectivity index is 1.75. The van der Waals surface area contributed by atoms with Crippen molar-refractivity contribution in [3.8, 4) is 11.4 Å². The highest BCUT2D eigenvalue weighted by molar-refractivity contribution is 7.99. The van der Waals surface area contributed by atoms with Crippen molar-refractivity contribution in [2.24, 2.45) is 0 Å². The van der Waals surface area contributed by atoms with Gasteiger partial charge in [-0.15, -0.1) is 0 Å². The van der Waals surface area contributed by atoms with Crippen LogP contribution in [0.1, 0.15) is 11.1 Å². The molecular weight excluding hydrogens is 448 g/mol. The highest BCUT2D eigenvalue weighted by Gasteiger charge is 2.23. The van der Waals surface area contributed by atoms with Crippen LogP contribution in [0.2, 0.25) is 0 Å². The van der Waals surface area contributed by atoms with Crippen LogP contribution in [0.4, 0.5) is 5.69 Å². The Labute approximate surface area is 192 Å². The second-order valence-corrected chi connectivity index (χ2v) is 10.4. The van der Waals surface area contributed by atoms with Crippen LogP contribution in [0.15, 0.2) is 58.8 Å². The van der Waals surface area contributed by atoms with Gasteiger partial charge in [-0.05, 0) is 49.2 Å². The fraction of sp³-hybridized carbons (Fsp3) is 0.273. The van der Waals surface area contributed by atoms with E-state index in [1.165, 1.54) is 50.7 Å². The molecule has 0 atom stereocenters. The number of carbonyl (C=O) groups excluding carboxylic acids is 1. The third-order valence-electron chi connectivity index (χ3n) is 4.98. The number of amides is 1. The van der Waals surface area contributed by atoms with Crippen molar-refractivity contribution in [2.75, 3.05) is 32.3 Å². The fourth-order valence-corrected chi connectivity index (χ4v) is 4.90. The van der Waals surface area contributed by atoms with Crippen molar-refractivity contribution in [1.29, 1.82) is 0 Å². The molecule has 170 valence electrons. The molecule has 0 aliphatic rings. The predicted octanol–water partition coefficient (Wildman–Crippen LogP) is 3.48. The Morgan fingerprint density at radius 3 is 2.66 bits per heavy atom. The van der Waals surface area contributed by atoms with Gasteiger partial charge in [-0.1, -0.05) is 23.9 Å².